The lowest BCUT2D eigenvalue weighted by Crippen LogP contribution is -2.32. The Balaban J connectivity index is 2.42. The third-order valence-corrected chi connectivity index (χ3v) is 4.01. The van der Waals surface area contributed by atoms with Crippen LogP contribution >= 0.6 is 0 Å². The van der Waals surface area contributed by atoms with Gasteiger partial charge in [0.2, 0.25) is 0 Å². The van der Waals surface area contributed by atoms with Gasteiger partial charge in [-0.2, -0.15) is 5.10 Å². The molecule has 0 radical (unpaired) electrons. The summed E-state index contributed by atoms with van der Waals surface area (Å²) in [5, 5.41) is 20.8. The molecular formula is C15H25N5O. The second-order valence-corrected chi connectivity index (χ2v) is 6.20. The molecule has 3 N–H and O–H groups in total. The molecule has 0 aromatic carbocycles. The van der Waals surface area contributed by atoms with Crippen molar-refractivity contribution in [1.82, 2.24) is 10.2 Å². The Morgan fingerprint density at radius 3 is 2.57 bits per heavy atom. The Hall–Kier alpha value is -1.85. The molecule has 2 rings (SSSR count). The molecule has 6 heteroatoms. The van der Waals surface area contributed by atoms with Crippen molar-refractivity contribution < 1.29 is 5.21 Å². The molecule has 0 unspecified atom stereocenters. The van der Waals surface area contributed by atoms with E-state index in [0.717, 1.165) is 30.0 Å². The summed E-state index contributed by atoms with van der Waals surface area (Å²) < 4.78 is 0. The summed E-state index contributed by atoms with van der Waals surface area (Å²) in [4.78, 5) is 2.27. The molecule has 1 aromatic rings. The first kappa shape index (κ1) is 15.5. The summed E-state index contributed by atoms with van der Waals surface area (Å²) >= 11 is 0. The molecule has 1 heterocycles. The Morgan fingerprint density at radius 1 is 1.38 bits per heavy atom. The molecule has 1 saturated carbocycles. The van der Waals surface area contributed by atoms with Gasteiger partial charge in [0, 0.05) is 12.6 Å². The van der Waals surface area contributed by atoms with E-state index in [2.05, 4.69) is 34.1 Å². The number of aromatic nitrogens is 2. The number of hydrogen-bond donors (Lipinski definition) is 2. The van der Waals surface area contributed by atoms with Crippen LogP contribution in [-0.4, -0.2) is 33.8 Å². The zero-order valence-corrected chi connectivity index (χ0v) is 13.3. The second kappa shape index (κ2) is 6.28. The molecule has 116 valence electrons. The van der Waals surface area contributed by atoms with E-state index in [9.17, 15) is 0 Å². The van der Waals surface area contributed by atoms with E-state index in [1.807, 2.05) is 13.8 Å². The highest BCUT2D eigenvalue weighted by molar-refractivity contribution is 6.02. The van der Waals surface area contributed by atoms with Gasteiger partial charge in [-0.15, -0.1) is 5.10 Å². The van der Waals surface area contributed by atoms with Crippen molar-refractivity contribution in [2.75, 3.05) is 11.4 Å². The maximum atomic E-state index is 9.08. The Kier molecular flexibility index (Phi) is 4.65. The molecule has 6 nitrogen and oxygen atoms in total. The third-order valence-electron chi connectivity index (χ3n) is 4.01. The fourth-order valence-electron chi connectivity index (χ4n) is 2.40. The normalized spacial score (nSPS) is 15.6. The van der Waals surface area contributed by atoms with Crippen LogP contribution in [0, 0.1) is 19.8 Å². The summed E-state index contributed by atoms with van der Waals surface area (Å²) in [6, 6.07) is 0.505. The largest absolute Gasteiger partial charge is 0.409 e. The van der Waals surface area contributed by atoms with Gasteiger partial charge >= 0.3 is 0 Å². The van der Waals surface area contributed by atoms with Gasteiger partial charge < -0.3 is 15.8 Å². The minimum absolute atomic E-state index is 0.107. The number of nitrogens with two attached hydrogens (primary N) is 1. The molecule has 0 aliphatic heterocycles. The number of amidine groups is 1. The van der Waals surface area contributed by atoms with Gasteiger partial charge in [-0.1, -0.05) is 19.0 Å². The Labute approximate surface area is 126 Å². The molecule has 0 amide bonds. The number of rotatable bonds is 6. The summed E-state index contributed by atoms with van der Waals surface area (Å²) in [6.45, 7) is 9.17. The van der Waals surface area contributed by atoms with Crippen molar-refractivity contribution >= 4 is 11.7 Å². The molecule has 21 heavy (non-hydrogen) atoms. The number of anilines is 1. The SMILES string of the molecule is Cc1nnc(N(CCC(C)C)C2CC2)c(C(N)=NO)c1C. The van der Waals surface area contributed by atoms with E-state index in [4.69, 9.17) is 10.9 Å². The van der Waals surface area contributed by atoms with Gasteiger partial charge in [-0.05, 0) is 44.6 Å². The van der Waals surface area contributed by atoms with Gasteiger partial charge in [0.15, 0.2) is 11.7 Å². The van der Waals surface area contributed by atoms with Crippen molar-refractivity contribution in [3.63, 3.8) is 0 Å². The van der Waals surface area contributed by atoms with Gasteiger partial charge in [-0.25, -0.2) is 0 Å². The quantitative estimate of drug-likeness (QED) is 0.363. The molecule has 1 fully saturated rings. The lowest BCUT2D eigenvalue weighted by Gasteiger charge is -2.26. The molecule has 1 aromatic heterocycles. The highest BCUT2D eigenvalue weighted by Crippen LogP contribution is 2.33. The fraction of sp³-hybridized carbons (Fsp3) is 0.667. The minimum atomic E-state index is 0.107. The highest BCUT2D eigenvalue weighted by atomic mass is 16.4. The van der Waals surface area contributed by atoms with Crippen LogP contribution < -0.4 is 10.6 Å². The van der Waals surface area contributed by atoms with Crippen molar-refractivity contribution in [1.29, 1.82) is 0 Å². The lowest BCUT2D eigenvalue weighted by molar-refractivity contribution is 0.318. The maximum Gasteiger partial charge on any atom is 0.174 e. The van der Waals surface area contributed by atoms with Crippen molar-refractivity contribution in [3.05, 3.63) is 16.8 Å². The second-order valence-electron chi connectivity index (χ2n) is 6.20. The van der Waals surface area contributed by atoms with Gasteiger partial charge in [0.05, 0.1) is 11.3 Å². The van der Waals surface area contributed by atoms with Crippen LogP contribution in [0.5, 0.6) is 0 Å². The van der Waals surface area contributed by atoms with Gasteiger partial charge in [0.1, 0.15) is 0 Å². The molecule has 0 spiro atoms. The first-order chi connectivity index (χ1) is 9.95. The van der Waals surface area contributed by atoms with Crippen LogP contribution in [0.4, 0.5) is 5.82 Å². The van der Waals surface area contributed by atoms with E-state index in [1.165, 1.54) is 12.8 Å². The molecule has 0 atom stereocenters. The van der Waals surface area contributed by atoms with E-state index in [1.54, 1.807) is 0 Å². The molecule has 0 saturated heterocycles. The number of nitrogens with zero attached hydrogens (tertiary/aromatic N) is 4. The summed E-state index contributed by atoms with van der Waals surface area (Å²) in [7, 11) is 0. The molecule has 1 aliphatic rings. The van der Waals surface area contributed by atoms with Gasteiger partial charge in [0.25, 0.3) is 0 Å². The highest BCUT2D eigenvalue weighted by Gasteiger charge is 2.33. The Morgan fingerprint density at radius 2 is 2.05 bits per heavy atom. The lowest BCUT2D eigenvalue weighted by atomic mass is 10.1. The average molecular weight is 291 g/mol. The smallest absolute Gasteiger partial charge is 0.174 e. The summed E-state index contributed by atoms with van der Waals surface area (Å²) in [6.07, 6.45) is 3.42. The van der Waals surface area contributed by atoms with Gasteiger partial charge in [-0.3, -0.25) is 0 Å². The van der Waals surface area contributed by atoms with Crippen molar-refractivity contribution in [2.24, 2.45) is 16.8 Å². The summed E-state index contributed by atoms with van der Waals surface area (Å²) in [5.41, 5.74) is 8.32. The third kappa shape index (κ3) is 3.43. The fourth-order valence-corrected chi connectivity index (χ4v) is 2.40. The standard InChI is InChI=1S/C15H25N5O/c1-9(2)7-8-20(12-5-6-12)15-13(14(16)19-21)10(3)11(4)17-18-15/h9,12,21H,5-8H2,1-4H3,(H2,16,19). The average Bonchev–Trinajstić information content (AvgIpc) is 3.26. The predicted octanol–water partition coefficient (Wildman–Crippen LogP) is 2.20. The number of hydrogen-bond acceptors (Lipinski definition) is 5. The van der Waals surface area contributed by atoms with E-state index in [-0.39, 0.29) is 5.84 Å². The van der Waals surface area contributed by atoms with E-state index >= 15 is 0 Å². The minimum Gasteiger partial charge on any atom is -0.409 e. The monoisotopic (exact) mass is 291 g/mol. The first-order valence-electron chi connectivity index (χ1n) is 7.54. The Bertz CT molecular complexity index is 537. The summed E-state index contributed by atoms with van der Waals surface area (Å²) in [5.74, 6) is 1.48. The maximum absolute atomic E-state index is 9.08. The van der Waals surface area contributed by atoms with Crippen molar-refractivity contribution in [2.45, 2.75) is 53.0 Å². The molecular weight excluding hydrogens is 266 g/mol. The van der Waals surface area contributed by atoms with Crippen LogP contribution in [0.15, 0.2) is 5.16 Å². The number of oxime groups is 1. The van der Waals surface area contributed by atoms with Crippen LogP contribution in [0.25, 0.3) is 0 Å². The van der Waals surface area contributed by atoms with Crippen LogP contribution in [-0.2, 0) is 0 Å². The van der Waals surface area contributed by atoms with Crippen LogP contribution in [0.3, 0.4) is 0 Å². The number of aryl methyl sites for hydroxylation is 1. The topological polar surface area (TPSA) is 87.6 Å². The van der Waals surface area contributed by atoms with Crippen LogP contribution in [0.2, 0.25) is 0 Å². The zero-order valence-electron chi connectivity index (χ0n) is 13.3. The van der Waals surface area contributed by atoms with E-state index in [0.29, 0.717) is 17.5 Å². The first-order valence-corrected chi connectivity index (χ1v) is 7.54. The molecule has 0 bridgehead atoms. The predicted molar refractivity (Wildman–Crippen MR) is 83.8 cm³/mol. The van der Waals surface area contributed by atoms with Crippen LogP contribution in [0.1, 0.15) is 49.9 Å². The zero-order chi connectivity index (χ0) is 15.6. The molecule has 1 aliphatic carbocycles. The van der Waals surface area contributed by atoms with Crippen molar-refractivity contribution in [3.8, 4) is 0 Å². The van der Waals surface area contributed by atoms with E-state index < -0.39 is 0 Å².